The minimum atomic E-state index is 0.692. The van der Waals surface area contributed by atoms with Gasteiger partial charge in [-0.15, -0.1) is 0 Å². The monoisotopic (exact) mass is 338 g/mol. The van der Waals surface area contributed by atoms with Crippen LogP contribution in [0.2, 0.25) is 0 Å². The van der Waals surface area contributed by atoms with Gasteiger partial charge in [0.05, 0.1) is 29.0 Å². The van der Waals surface area contributed by atoms with E-state index in [-0.39, 0.29) is 0 Å². The van der Waals surface area contributed by atoms with Gasteiger partial charge in [-0.1, -0.05) is 36.4 Å². The molecule has 3 aromatic carbocycles. The van der Waals surface area contributed by atoms with Gasteiger partial charge in [0.15, 0.2) is 0 Å². The average molecular weight is 338 g/mol. The van der Waals surface area contributed by atoms with Gasteiger partial charge in [0.1, 0.15) is 0 Å². The summed E-state index contributed by atoms with van der Waals surface area (Å²) < 4.78 is 0. The molecule has 4 heteroatoms. The number of hydrogen-bond acceptors (Lipinski definition) is 4. The molecule has 0 radical (unpaired) electrons. The van der Waals surface area contributed by atoms with E-state index in [4.69, 9.17) is 5.26 Å². The predicted molar refractivity (Wildman–Crippen MR) is 102 cm³/mol. The highest BCUT2D eigenvalue weighted by Crippen LogP contribution is 2.32. The van der Waals surface area contributed by atoms with E-state index in [1.807, 2.05) is 48.5 Å². The molecule has 0 atom stereocenters. The summed E-state index contributed by atoms with van der Waals surface area (Å²) in [5.41, 5.74) is 3.66. The van der Waals surface area contributed by atoms with Crippen molar-refractivity contribution in [3.8, 4) is 12.1 Å². The number of benzene rings is 3. The van der Waals surface area contributed by atoms with Crippen molar-refractivity contribution >= 4 is 16.5 Å². The first kappa shape index (κ1) is 16.1. The lowest BCUT2D eigenvalue weighted by Gasteiger charge is -2.31. The number of nitrogens with zero attached hydrogens (tertiary/aromatic N) is 4. The molecule has 26 heavy (non-hydrogen) atoms. The van der Waals surface area contributed by atoms with E-state index in [1.165, 1.54) is 0 Å². The molecule has 1 aliphatic heterocycles. The van der Waals surface area contributed by atoms with E-state index in [0.29, 0.717) is 11.1 Å². The van der Waals surface area contributed by atoms with Crippen molar-refractivity contribution in [2.24, 2.45) is 0 Å². The summed E-state index contributed by atoms with van der Waals surface area (Å²) in [6.45, 7) is 2.70. The van der Waals surface area contributed by atoms with Gasteiger partial charge in [-0.25, -0.2) is 5.01 Å². The maximum atomic E-state index is 9.39. The van der Waals surface area contributed by atoms with E-state index >= 15 is 0 Å². The normalized spacial score (nSPS) is 14.3. The third kappa shape index (κ3) is 2.88. The third-order valence-electron chi connectivity index (χ3n) is 4.85. The molecule has 0 spiro atoms. The molecule has 3 aromatic rings. The molecule has 0 amide bonds. The highest BCUT2D eigenvalue weighted by molar-refractivity contribution is 5.97. The molecule has 0 bridgehead atoms. The molecule has 1 saturated heterocycles. The lowest BCUT2D eigenvalue weighted by atomic mass is 10.0. The van der Waals surface area contributed by atoms with Crippen LogP contribution in [0.4, 0.5) is 5.69 Å². The van der Waals surface area contributed by atoms with Gasteiger partial charge >= 0.3 is 0 Å². The average Bonchev–Trinajstić information content (AvgIpc) is 3.15. The van der Waals surface area contributed by atoms with Crippen LogP contribution in [0.25, 0.3) is 10.8 Å². The molecule has 4 rings (SSSR count). The van der Waals surface area contributed by atoms with Crippen LogP contribution >= 0.6 is 0 Å². The number of anilines is 1. The Morgan fingerprint density at radius 3 is 2.50 bits per heavy atom. The van der Waals surface area contributed by atoms with Crippen LogP contribution in [0, 0.1) is 22.7 Å². The van der Waals surface area contributed by atoms with Crippen molar-refractivity contribution < 1.29 is 0 Å². The molecule has 0 aliphatic carbocycles. The lowest BCUT2D eigenvalue weighted by Crippen LogP contribution is -2.36. The summed E-state index contributed by atoms with van der Waals surface area (Å²) >= 11 is 0. The Hall–Kier alpha value is -3.34. The van der Waals surface area contributed by atoms with Crippen molar-refractivity contribution in [1.29, 1.82) is 10.5 Å². The van der Waals surface area contributed by atoms with Crippen LogP contribution in [0.1, 0.15) is 23.1 Å². The molecule has 0 unspecified atom stereocenters. The molecular weight excluding hydrogens is 320 g/mol. The second-order valence-electron chi connectivity index (χ2n) is 6.47. The van der Waals surface area contributed by atoms with E-state index in [9.17, 15) is 5.26 Å². The molecule has 1 aliphatic rings. The van der Waals surface area contributed by atoms with E-state index in [2.05, 4.69) is 34.3 Å². The smallest absolute Gasteiger partial charge is 0.0998 e. The van der Waals surface area contributed by atoms with Crippen LogP contribution in [0.15, 0.2) is 60.7 Å². The summed E-state index contributed by atoms with van der Waals surface area (Å²) in [5, 5.41) is 25.2. The summed E-state index contributed by atoms with van der Waals surface area (Å²) in [7, 11) is 0. The molecule has 1 heterocycles. The second kappa shape index (κ2) is 6.88. The highest BCUT2D eigenvalue weighted by Gasteiger charge is 2.24. The van der Waals surface area contributed by atoms with Crippen LogP contribution in [-0.2, 0) is 6.54 Å². The minimum Gasteiger partial charge on any atom is -0.305 e. The zero-order chi connectivity index (χ0) is 17.9. The van der Waals surface area contributed by atoms with Crippen LogP contribution in [0.5, 0.6) is 0 Å². The van der Waals surface area contributed by atoms with Gasteiger partial charge in [0.25, 0.3) is 0 Å². The quantitative estimate of drug-likeness (QED) is 0.718. The Balaban J connectivity index is 1.70. The summed E-state index contributed by atoms with van der Waals surface area (Å²) in [6, 6.07) is 24.3. The van der Waals surface area contributed by atoms with Gasteiger partial charge in [0.2, 0.25) is 0 Å². The fourth-order valence-corrected chi connectivity index (χ4v) is 3.66. The number of rotatable bonds is 3. The Bertz CT molecular complexity index is 1040. The maximum absolute atomic E-state index is 9.39. The standard InChI is InChI=1S/C22H18N4/c23-14-17-5-3-6-18(13-17)16-25-11-4-12-26(25)22-10-9-19(15-24)20-7-1-2-8-21(20)22/h1-3,5-10,13H,4,11-12,16H2. The summed E-state index contributed by atoms with van der Waals surface area (Å²) in [4.78, 5) is 0. The Morgan fingerprint density at radius 2 is 1.69 bits per heavy atom. The van der Waals surface area contributed by atoms with Crippen molar-refractivity contribution in [1.82, 2.24) is 5.01 Å². The lowest BCUT2D eigenvalue weighted by molar-refractivity contribution is 0.304. The first-order valence-electron chi connectivity index (χ1n) is 8.73. The molecule has 126 valence electrons. The largest absolute Gasteiger partial charge is 0.305 e. The second-order valence-corrected chi connectivity index (χ2v) is 6.47. The van der Waals surface area contributed by atoms with Gasteiger partial charge in [-0.2, -0.15) is 10.5 Å². The van der Waals surface area contributed by atoms with Crippen LogP contribution in [0.3, 0.4) is 0 Å². The van der Waals surface area contributed by atoms with Crippen molar-refractivity contribution in [2.75, 3.05) is 18.1 Å². The Labute approximate surface area is 153 Å². The van der Waals surface area contributed by atoms with Crippen LogP contribution < -0.4 is 5.01 Å². The molecule has 0 N–H and O–H groups in total. The first-order chi connectivity index (χ1) is 12.8. The third-order valence-corrected chi connectivity index (χ3v) is 4.85. The maximum Gasteiger partial charge on any atom is 0.0998 e. The number of fused-ring (bicyclic) bond motifs is 1. The zero-order valence-corrected chi connectivity index (χ0v) is 14.4. The van der Waals surface area contributed by atoms with E-state index < -0.39 is 0 Å². The zero-order valence-electron chi connectivity index (χ0n) is 14.4. The van der Waals surface area contributed by atoms with Crippen molar-refractivity contribution in [3.63, 3.8) is 0 Å². The first-order valence-corrected chi connectivity index (χ1v) is 8.73. The predicted octanol–water partition coefficient (Wildman–Crippen LogP) is 4.21. The number of hydrogen-bond donors (Lipinski definition) is 0. The van der Waals surface area contributed by atoms with Gasteiger partial charge < -0.3 is 5.01 Å². The van der Waals surface area contributed by atoms with Crippen LogP contribution in [-0.4, -0.2) is 18.1 Å². The van der Waals surface area contributed by atoms with Gasteiger partial charge in [0, 0.05) is 30.4 Å². The fraction of sp³-hybridized carbons (Fsp3) is 0.182. The van der Waals surface area contributed by atoms with Gasteiger partial charge in [-0.05, 0) is 36.2 Å². The number of hydrazine groups is 1. The molecule has 0 aromatic heterocycles. The van der Waals surface area contributed by atoms with Crippen molar-refractivity contribution in [3.05, 3.63) is 77.4 Å². The Kier molecular flexibility index (Phi) is 4.27. The fourth-order valence-electron chi connectivity index (χ4n) is 3.66. The van der Waals surface area contributed by atoms with E-state index in [0.717, 1.165) is 48.1 Å². The summed E-state index contributed by atoms with van der Waals surface area (Å²) in [6.07, 6.45) is 1.09. The molecule has 4 nitrogen and oxygen atoms in total. The summed E-state index contributed by atoms with van der Waals surface area (Å²) in [5.74, 6) is 0. The minimum absolute atomic E-state index is 0.692. The molecule has 1 fully saturated rings. The molecular formula is C22H18N4. The van der Waals surface area contributed by atoms with Crippen molar-refractivity contribution in [2.45, 2.75) is 13.0 Å². The van der Waals surface area contributed by atoms with Gasteiger partial charge in [-0.3, -0.25) is 0 Å². The molecule has 0 saturated carbocycles. The SMILES string of the molecule is N#Cc1cccc(CN2CCCN2c2ccc(C#N)c3ccccc23)c1. The highest BCUT2D eigenvalue weighted by atomic mass is 15.6. The Morgan fingerprint density at radius 1 is 0.846 bits per heavy atom. The topological polar surface area (TPSA) is 54.1 Å². The van der Waals surface area contributed by atoms with E-state index in [1.54, 1.807) is 0 Å². The number of nitriles is 2.